The van der Waals surface area contributed by atoms with Gasteiger partial charge in [-0.3, -0.25) is 10.1 Å². The van der Waals surface area contributed by atoms with E-state index in [4.69, 9.17) is 5.11 Å². The van der Waals surface area contributed by atoms with Crippen molar-refractivity contribution in [2.75, 3.05) is 0 Å². The number of carbonyl (C=O) groups is 1. The lowest BCUT2D eigenvalue weighted by Gasteiger charge is -2.10. The summed E-state index contributed by atoms with van der Waals surface area (Å²) in [6, 6.07) is 9.68. The maximum absolute atomic E-state index is 10.7. The van der Waals surface area contributed by atoms with E-state index < -0.39 is 5.97 Å². The van der Waals surface area contributed by atoms with Crippen LogP contribution in [0.3, 0.4) is 0 Å². The Hall–Kier alpha value is -1.00. The van der Waals surface area contributed by atoms with Crippen molar-refractivity contribution in [3.05, 3.63) is 30.3 Å². The van der Waals surface area contributed by atoms with Crippen LogP contribution in [0.2, 0.25) is 0 Å². The van der Waals surface area contributed by atoms with Crippen LogP contribution in [-0.2, 0) is 4.79 Å². The molecule has 4 heteroatoms. The minimum Gasteiger partial charge on any atom is -0.480 e. The number of rotatable bonds is 3. The number of benzene rings is 1. The highest BCUT2D eigenvalue weighted by Crippen LogP contribution is 2.28. The first kappa shape index (κ1) is 10.5. The van der Waals surface area contributed by atoms with Crippen molar-refractivity contribution in [1.29, 1.82) is 0 Å². The van der Waals surface area contributed by atoms with Gasteiger partial charge in [0.2, 0.25) is 0 Å². The summed E-state index contributed by atoms with van der Waals surface area (Å²) in [6.07, 6.45) is 1.64. The van der Waals surface area contributed by atoms with Gasteiger partial charge in [0.25, 0.3) is 0 Å². The van der Waals surface area contributed by atoms with Crippen LogP contribution in [0.5, 0.6) is 0 Å². The van der Waals surface area contributed by atoms with Gasteiger partial charge in [-0.25, -0.2) is 0 Å². The topological polar surface area (TPSA) is 49.3 Å². The molecule has 0 spiro atoms. The van der Waals surface area contributed by atoms with E-state index >= 15 is 0 Å². The molecule has 15 heavy (non-hydrogen) atoms. The Balaban J connectivity index is 1.90. The zero-order valence-corrected chi connectivity index (χ0v) is 9.04. The highest BCUT2D eigenvalue weighted by atomic mass is 32.2. The van der Waals surface area contributed by atoms with Gasteiger partial charge in [0, 0.05) is 4.90 Å². The Labute approximate surface area is 92.9 Å². The number of carboxylic acid groups (broad SMARTS) is 1. The van der Waals surface area contributed by atoms with Crippen molar-refractivity contribution < 1.29 is 9.90 Å². The Kier molecular flexibility index (Phi) is 3.28. The maximum atomic E-state index is 10.7. The molecule has 1 aromatic rings. The number of carboxylic acids is 1. The van der Waals surface area contributed by atoms with Gasteiger partial charge in [0.15, 0.2) is 0 Å². The van der Waals surface area contributed by atoms with Gasteiger partial charge in [0.05, 0.1) is 5.37 Å². The number of hydrogen-bond donors (Lipinski definition) is 2. The Morgan fingerprint density at radius 3 is 2.67 bits per heavy atom. The van der Waals surface area contributed by atoms with E-state index in [1.165, 1.54) is 4.90 Å². The number of aliphatic carboxylic acids is 1. The molecule has 1 unspecified atom stereocenters. The molecule has 2 atom stereocenters. The Morgan fingerprint density at radius 1 is 1.33 bits per heavy atom. The molecule has 1 aliphatic rings. The molecule has 0 aromatic heterocycles. The van der Waals surface area contributed by atoms with Gasteiger partial charge in [-0.05, 0) is 25.0 Å². The molecular formula is C11H13NO2S. The zero-order valence-electron chi connectivity index (χ0n) is 8.22. The molecule has 0 bridgehead atoms. The molecule has 0 radical (unpaired) electrons. The smallest absolute Gasteiger partial charge is 0.320 e. The number of nitrogens with one attached hydrogen (secondary N) is 1. The molecule has 1 fully saturated rings. The Bertz CT molecular complexity index is 342. The van der Waals surface area contributed by atoms with Crippen molar-refractivity contribution >= 4 is 17.7 Å². The predicted octanol–water partition coefficient (Wildman–Crippen LogP) is 1.94. The number of hydrogen-bond acceptors (Lipinski definition) is 3. The van der Waals surface area contributed by atoms with Crippen LogP contribution in [0, 0.1) is 0 Å². The monoisotopic (exact) mass is 223 g/mol. The summed E-state index contributed by atoms with van der Waals surface area (Å²) in [5.74, 6) is -0.744. The average molecular weight is 223 g/mol. The highest BCUT2D eigenvalue weighted by molar-refractivity contribution is 7.99. The summed E-state index contributed by atoms with van der Waals surface area (Å²) in [7, 11) is 0. The standard InChI is InChI=1S/C11H13NO2S/c13-11(14)9-6-7-10(12-9)15-8-4-2-1-3-5-8/h1-5,9-10,12H,6-7H2,(H,13,14)/t9-,10?/m0/s1. The van der Waals surface area contributed by atoms with Gasteiger partial charge in [0.1, 0.15) is 6.04 Å². The fourth-order valence-corrected chi connectivity index (χ4v) is 2.79. The van der Waals surface area contributed by atoms with Crippen molar-refractivity contribution in [1.82, 2.24) is 5.32 Å². The summed E-state index contributed by atoms with van der Waals surface area (Å²) < 4.78 is 0. The van der Waals surface area contributed by atoms with E-state index in [9.17, 15) is 4.79 Å². The second kappa shape index (κ2) is 4.68. The van der Waals surface area contributed by atoms with Crippen molar-refractivity contribution in [2.45, 2.75) is 29.2 Å². The molecule has 80 valence electrons. The molecule has 1 heterocycles. The van der Waals surface area contributed by atoms with E-state index in [0.717, 1.165) is 12.8 Å². The summed E-state index contributed by atoms with van der Waals surface area (Å²) in [6.45, 7) is 0. The van der Waals surface area contributed by atoms with Crippen LogP contribution in [-0.4, -0.2) is 22.5 Å². The summed E-state index contributed by atoms with van der Waals surface area (Å²) in [5.41, 5.74) is 0. The predicted molar refractivity (Wildman–Crippen MR) is 59.9 cm³/mol. The summed E-state index contributed by atoms with van der Waals surface area (Å²) >= 11 is 1.70. The van der Waals surface area contributed by atoms with Gasteiger partial charge in [-0.15, -0.1) is 11.8 Å². The lowest BCUT2D eigenvalue weighted by Crippen LogP contribution is -2.33. The minimum atomic E-state index is -0.744. The first-order valence-electron chi connectivity index (χ1n) is 4.96. The number of thioether (sulfide) groups is 1. The van der Waals surface area contributed by atoms with Crippen LogP contribution in [0.25, 0.3) is 0 Å². The average Bonchev–Trinajstić information content (AvgIpc) is 2.68. The first-order chi connectivity index (χ1) is 7.25. The first-order valence-corrected chi connectivity index (χ1v) is 5.84. The van der Waals surface area contributed by atoms with Gasteiger partial charge < -0.3 is 5.11 Å². The second-order valence-electron chi connectivity index (χ2n) is 3.55. The van der Waals surface area contributed by atoms with Gasteiger partial charge in [-0.2, -0.15) is 0 Å². The normalized spacial score (nSPS) is 25.3. The summed E-state index contributed by atoms with van der Waals surface area (Å²) in [4.78, 5) is 11.9. The highest BCUT2D eigenvalue weighted by Gasteiger charge is 2.28. The summed E-state index contributed by atoms with van der Waals surface area (Å²) in [5, 5.41) is 12.2. The zero-order chi connectivity index (χ0) is 10.7. The van der Waals surface area contributed by atoms with Crippen molar-refractivity contribution in [3.8, 4) is 0 Å². The van der Waals surface area contributed by atoms with E-state index in [1.807, 2.05) is 30.3 Å². The lowest BCUT2D eigenvalue weighted by atomic mass is 10.2. The SMILES string of the molecule is O=C(O)[C@@H]1CCC(Sc2ccccc2)N1. The molecule has 3 nitrogen and oxygen atoms in total. The third-order valence-electron chi connectivity index (χ3n) is 2.42. The molecule has 0 saturated carbocycles. The third kappa shape index (κ3) is 2.73. The fraction of sp³-hybridized carbons (Fsp3) is 0.364. The quantitative estimate of drug-likeness (QED) is 0.822. The van der Waals surface area contributed by atoms with Crippen LogP contribution >= 0.6 is 11.8 Å². The minimum absolute atomic E-state index is 0.230. The molecule has 0 aliphatic carbocycles. The molecule has 0 amide bonds. The third-order valence-corrected chi connectivity index (χ3v) is 3.62. The van der Waals surface area contributed by atoms with Crippen LogP contribution in [0.15, 0.2) is 35.2 Å². The Morgan fingerprint density at radius 2 is 2.07 bits per heavy atom. The molecule has 2 N–H and O–H groups in total. The van der Waals surface area contributed by atoms with E-state index in [-0.39, 0.29) is 11.4 Å². The van der Waals surface area contributed by atoms with Crippen LogP contribution in [0.1, 0.15) is 12.8 Å². The molecule has 1 aromatic carbocycles. The lowest BCUT2D eigenvalue weighted by molar-refractivity contribution is -0.139. The van der Waals surface area contributed by atoms with E-state index in [2.05, 4.69) is 5.32 Å². The molecule has 1 aliphatic heterocycles. The van der Waals surface area contributed by atoms with Crippen molar-refractivity contribution in [3.63, 3.8) is 0 Å². The largest absolute Gasteiger partial charge is 0.480 e. The van der Waals surface area contributed by atoms with Gasteiger partial charge in [-0.1, -0.05) is 18.2 Å². The van der Waals surface area contributed by atoms with Crippen LogP contribution < -0.4 is 5.32 Å². The maximum Gasteiger partial charge on any atom is 0.320 e. The van der Waals surface area contributed by atoms with E-state index in [0.29, 0.717) is 0 Å². The molecule has 1 saturated heterocycles. The van der Waals surface area contributed by atoms with Crippen molar-refractivity contribution in [2.24, 2.45) is 0 Å². The molecular weight excluding hydrogens is 210 g/mol. The van der Waals surface area contributed by atoms with Crippen LogP contribution in [0.4, 0.5) is 0 Å². The van der Waals surface area contributed by atoms with E-state index in [1.54, 1.807) is 11.8 Å². The molecule has 2 rings (SSSR count). The van der Waals surface area contributed by atoms with Gasteiger partial charge >= 0.3 is 5.97 Å². The second-order valence-corrected chi connectivity index (χ2v) is 4.83. The fourth-order valence-electron chi connectivity index (χ4n) is 1.66.